The Kier molecular flexibility index (Phi) is 17.2. The van der Waals surface area contributed by atoms with Crippen LogP contribution in [0.4, 0.5) is 17.1 Å². The summed E-state index contributed by atoms with van der Waals surface area (Å²) in [6.45, 7) is 14.0. The van der Waals surface area contributed by atoms with Gasteiger partial charge in [-0.2, -0.15) is 0 Å². The first kappa shape index (κ1) is 56.8. The van der Waals surface area contributed by atoms with E-state index in [1.165, 1.54) is 245 Å². The van der Waals surface area contributed by atoms with Crippen molar-refractivity contribution in [1.29, 1.82) is 0 Å². The smallest absolute Gasteiger partial charge is 0.0714 e. The second-order valence-corrected chi connectivity index (χ2v) is 28.7. The number of nitrogens with zero attached hydrogens (tertiary/aromatic N) is 1. The van der Waals surface area contributed by atoms with Crippen molar-refractivity contribution >= 4 is 17.1 Å². The zero-order valence-corrected chi connectivity index (χ0v) is 51.6. The first-order valence-electron chi connectivity index (χ1n) is 33.6. The molecule has 0 N–H and O–H groups in total. The van der Waals surface area contributed by atoms with E-state index in [4.69, 9.17) is 0 Å². The van der Waals surface area contributed by atoms with E-state index >= 15 is 0 Å². The van der Waals surface area contributed by atoms with Gasteiger partial charge in [0.05, 0.1) is 5.41 Å². The van der Waals surface area contributed by atoms with Crippen LogP contribution >= 0.6 is 0 Å². The summed E-state index contributed by atoms with van der Waals surface area (Å²) in [5, 5.41) is 0. The molecule has 0 bridgehead atoms. The number of rotatable bonds is 10. The molecule has 0 radical (unpaired) electrons. The van der Waals surface area contributed by atoms with Crippen molar-refractivity contribution in [2.45, 2.75) is 248 Å². The van der Waals surface area contributed by atoms with Crippen molar-refractivity contribution < 1.29 is 0 Å². The molecule has 0 amide bonds. The highest BCUT2D eigenvalue weighted by Crippen LogP contribution is 2.58. The maximum Gasteiger partial charge on any atom is 0.0714 e. The Labute approximate surface area is 497 Å². The molecular formula is C81H99N. The lowest BCUT2D eigenvalue weighted by atomic mass is 9.67. The fourth-order valence-corrected chi connectivity index (χ4v) is 16.5. The first-order chi connectivity index (χ1) is 39.9. The lowest BCUT2D eigenvalue weighted by Crippen LogP contribution is -2.29. The Morgan fingerprint density at radius 1 is 0.329 bits per heavy atom. The Morgan fingerprint density at radius 3 is 1.20 bits per heavy atom. The van der Waals surface area contributed by atoms with E-state index in [9.17, 15) is 0 Å². The summed E-state index contributed by atoms with van der Waals surface area (Å²) < 4.78 is 0. The molecule has 1 heteroatoms. The summed E-state index contributed by atoms with van der Waals surface area (Å²) in [6.07, 6.45) is 35.9. The highest BCUT2D eigenvalue weighted by Gasteiger charge is 2.47. The second kappa shape index (κ2) is 24.9. The van der Waals surface area contributed by atoms with E-state index in [1.54, 1.807) is 11.1 Å². The summed E-state index contributed by atoms with van der Waals surface area (Å²) in [5.41, 5.74) is 23.7. The van der Waals surface area contributed by atoms with Crippen LogP contribution < -0.4 is 4.90 Å². The van der Waals surface area contributed by atoms with Gasteiger partial charge in [-0.25, -0.2) is 0 Å². The molecule has 0 unspecified atom stereocenters. The number of hydrogen-bond acceptors (Lipinski definition) is 1. The van der Waals surface area contributed by atoms with E-state index < -0.39 is 5.41 Å². The van der Waals surface area contributed by atoms with Crippen LogP contribution in [0.1, 0.15) is 288 Å². The van der Waals surface area contributed by atoms with Gasteiger partial charge in [0, 0.05) is 17.1 Å². The monoisotopic (exact) mass is 1090 g/mol. The van der Waals surface area contributed by atoms with Crippen molar-refractivity contribution in [3.05, 3.63) is 207 Å². The quantitative estimate of drug-likeness (QED) is 0.132. The molecule has 5 aliphatic carbocycles. The number of hydrogen-bond donors (Lipinski definition) is 0. The summed E-state index contributed by atoms with van der Waals surface area (Å²) >= 11 is 0. The lowest BCUT2D eigenvalue weighted by Gasteiger charge is -2.36. The molecule has 82 heavy (non-hydrogen) atoms. The molecule has 7 aromatic carbocycles. The molecule has 5 aliphatic rings. The summed E-state index contributed by atoms with van der Waals surface area (Å²) in [4.78, 5) is 2.59. The van der Waals surface area contributed by atoms with Crippen LogP contribution in [0, 0.1) is 0 Å². The Balaban J connectivity index is 1.02. The van der Waals surface area contributed by atoms with Gasteiger partial charge in [-0.3, -0.25) is 0 Å². The van der Waals surface area contributed by atoms with E-state index in [0.29, 0.717) is 23.7 Å². The van der Waals surface area contributed by atoms with E-state index in [2.05, 4.69) is 198 Å². The molecule has 1 nitrogen and oxygen atoms in total. The van der Waals surface area contributed by atoms with Crippen LogP contribution in [0.25, 0.3) is 22.3 Å². The normalized spacial score (nSPS) is 19.2. The van der Waals surface area contributed by atoms with Gasteiger partial charge in [0.2, 0.25) is 0 Å². The van der Waals surface area contributed by atoms with Crippen LogP contribution in [0.2, 0.25) is 0 Å². The molecule has 0 atom stereocenters. The average Bonchev–Trinajstić information content (AvgIpc) is 3.97. The molecule has 0 spiro atoms. The van der Waals surface area contributed by atoms with E-state index in [-0.39, 0.29) is 10.8 Å². The molecule has 4 fully saturated rings. The van der Waals surface area contributed by atoms with Gasteiger partial charge in [-0.05, 0) is 200 Å². The van der Waals surface area contributed by atoms with Gasteiger partial charge in [0.25, 0.3) is 0 Å². The van der Waals surface area contributed by atoms with Gasteiger partial charge < -0.3 is 4.90 Å². The third-order valence-electron chi connectivity index (χ3n) is 21.2. The van der Waals surface area contributed by atoms with E-state index in [1.807, 2.05) is 5.56 Å². The highest BCUT2D eigenvalue weighted by atomic mass is 15.1. The fourth-order valence-electron chi connectivity index (χ4n) is 16.5. The molecule has 4 saturated carbocycles. The van der Waals surface area contributed by atoms with Crippen molar-refractivity contribution in [2.75, 3.05) is 4.90 Å². The SMILES string of the molecule is CC(C)(C)c1ccc(C2(c3ccc(C(C)(C)C)cc3)c3ccccc3-c3ccc(N(c4ccc(-c5cc(C6CCCCCCC6)c(C6CCCCCCC6)c(C6CCCCCCC6)c5)cc4)c4ccc(C5CCCCC5)cc4)cc32)cc1. The summed E-state index contributed by atoms with van der Waals surface area (Å²) in [6, 6.07) is 61.6. The molecule has 7 aromatic rings. The minimum atomic E-state index is -0.528. The van der Waals surface area contributed by atoms with Gasteiger partial charge >= 0.3 is 0 Å². The third-order valence-corrected chi connectivity index (χ3v) is 21.2. The number of fused-ring (bicyclic) bond motifs is 3. The summed E-state index contributed by atoms with van der Waals surface area (Å²) in [7, 11) is 0. The molecule has 12 rings (SSSR count). The largest absolute Gasteiger partial charge is 0.310 e. The molecule has 0 saturated heterocycles. The molecule has 0 heterocycles. The van der Waals surface area contributed by atoms with Crippen molar-refractivity contribution in [2.24, 2.45) is 0 Å². The minimum absolute atomic E-state index is 0.0475. The standard InChI is InChI=1S/C81H99N/c1-79(2,3)65-41-45-67(46-42-65)81(68-47-43-66(44-48-68)80(4,5)6)76-36-26-25-35-72(76)73-54-53-71(57-77(73)81)82(69-49-37-59(38-50-69)58-27-23-16-24-28-58)70-51-39-60(40-52-70)64-55-74(61-29-17-10-7-11-18-30-61)78(63-33-21-14-9-15-22-34-63)75(56-64)62-31-19-12-8-13-20-32-62/h25-26,35-58,61-63H,7-24,27-34H2,1-6H3. The van der Waals surface area contributed by atoms with Crippen LogP contribution in [0.3, 0.4) is 0 Å². The van der Waals surface area contributed by atoms with Crippen LogP contribution in [0.5, 0.6) is 0 Å². The minimum Gasteiger partial charge on any atom is -0.310 e. The van der Waals surface area contributed by atoms with Crippen molar-refractivity contribution in [1.82, 2.24) is 0 Å². The Bertz CT molecular complexity index is 3100. The van der Waals surface area contributed by atoms with Crippen LogP contribution in [-0.2, 0) is 16.2 Å². The molecule has 0 aliphatic heterocycles. The van der Waals surface area contributed by atoms with E-state index in [0.717, 1.165) is 0 Å². The van der Waals surface area contributed by atoms with Crippen molar-refractivity contribution in [3.8, 4) is 22.3 Å². The van der Waals surface area contributed by atoms with Gasteiger partial charge in [0.15, 0.2) is 0 Å². The lowest BCUT2D eigenvalue weighted by molar-refractivity contribution is 0.421. The van der Waals surface area contributed by atoms with Gasteiger partial charge in [-0.1, -0.05) is 272 Å². The molecule has 428 valence electrons. The molecular weight excluding hydrogens is 987 g/mol. The Hall–Kier alpha value is -5.66. The zero-order chi connectivity index (χ0) is 56.3. The predicted octanol–water partition coefficient (Wildman–Crippen LogP) is 24.3. The topological polar surface area (TPSA) is 3.24 Å². The maximum absolute atomic E-state index is 2.78. The van der Waals surface area contributed by atoms with Gasteiger partial charge in [0.1, 0.15) is 0 Å². The third kappa shape index (κ3) is 11.8. The maximum atomic E-state index is 2.78. The summed E-state index contributed by atoms with van der Waals surface area (Å²) in [5.74, 6) is 2.71. The van der Waals surface area contributed by atoms with Crippen molar-refractivity contribution in [3.63, 3.8) is 0 Å². The Morgan fingerprint density at radius 2 is 0.720 bits per heavy atom. The second-order valence-electron chi connectivity index (χ2n) is 28.7. The fraction of sp³-hybridized carbons (Fsp3) is 0.481. The molecule has 0 aromatic heterocycles. The van der Waals surface area contributed by atoms with Crippen LogP contribution in [0.15, 0.2) is 152 Å². The number of anilines is 3. The predicted molar refractivity (Wildman–Crippen MR) is 352 cm³/mol. The zero-order valence-electron chi connectivity index (χ0n) is 51.6. The highest BCUT2D eigenvalue weighted by molar-refractivity contribution is 5.90. The van der Waals surface area contributed by atoms with Gasteiger partial charge in [-0.15, -0.1) is 0 Å². The number of benzene rings is 7. The van der Waals surface area contributed by atoms with Crippen LogP contribution in [-0.4, -0.2) is 0 Å². The average molecular weight is 1090 g/mol. The first-order valence-corrected chi connectivity index (χ1v) is 33.6.